The highest BCUT2D eigenvalue weighted by Crippen LogP contribution is 2.34. The molecule has 0 saturated carbocycles. The van der Waals surface area contributed by atoms with Gasteiger partial charge in [0.15, 0.2) is 5.01 Å². The number of aromatic nitrogens is 1. The van der Waals surface area contributed by atoms with Crippen LogP contribution >= 0.6 is 11.3 Å². The molecule has 1 aromatic rings. The second-order valence-corrected chi connectivity index (χ2v) is 4.93. The minimum atomic E-state index is -4.47. The highest BCUT2D eigenvalue weighted by molar-refractivity contribution is 7.13. The lowest BCUT2D eigenvalue weighted by molar-refractivity contribution is -0.137. The first kappa shape index (κ1) is 12.3. The van der Waals surface area contributed by atoms with Crippen LogP contribution in [-0.4, -0.2) is 28.9 Å². The molecule has 1 amide bonds. The van der Waals surface area contributed by atoms with Gasteiger partial charge in [-0.15, -0.1) is 11.3 Å². The third kappa shape index (κ3) is 2.43. The minimum Gasteiger partial charge on any atom is -0.338 e. The van der Waals surface area contributed by atoms with E-state index in [1.54, 1.807) is 4.90 Å². The van der Waals surface area contributed by atoms with E-state index in [9.17, 15) is 18.0 Å². The highest BCUT2D eigenvalue weighted by Gasteiger charge is 2.37. The van der Waals surface area contributed by atoms with Crippen molar-refractivity contribution in [2.75, 3.05) is 13.1 Å². The first-order valence-electron chi connectivity index (χ1n) is 5.23. The Hall–Kier alpha value is -1.11. The molecule has 1 aliphatic heterocycles. The normalized spacial score (nSPS) is 16.6. The van der Waals surface area contributed by atoms with Gasteiger partial charge >= 0.3 is 6.18 Å². The van der Waals surface area contributed by atoms with E-state index in [0.29, 0.717) is 24.4 Å². The second-order valence-electron chi connectivity index (χ2n) is 3.93. The maximum absolute atomic E-state index is 12.4. The summed E-state index contributed by atoms with van der Waals surface area (Å²) in [6.45, 7) is 2.68. The van der Waals surface area contributed by atoms with Crippen LogP contribution in [0.3, 0.4) is 0 Å². The molecule has 7 heteroatoms. The Morgan fingerprint density at radius 2 is 1.94 bits per heavy atom. The predicted molar refractivity (Wildman–Crippen MR) is 57.0 cm³/mol. The molecule has 0 unspecified atom stereocenters. The summed E-state index contributed by atoms with van der Waals surface area (Å²) in [7, 11) is 0. The zero-order chi connectivity index (χ0) is 12.6. The summed E-state index contributed by atoms with van der Waals surface area (Å²) < 4.78 is 37.3. The van der Waals surface area contributed by atoms with E-state index < -0.39 is 11.2 Å². The molecule has 0 radical (unpaired) electrons. The van der Waals surface area contributed by atoms with Crippen molar-refractivity contribution in [1.29, 1.82) is 0 Å². The third-order valence-corrected chi connectivity index (χ3v) is 3.82. The summed E-state index contributed by atoms with van der Waals surface area (Å²) in [5, 5.41) is -0.947. The highest BCUT2D eigenvalue weighted by atomic mass is 32.1. The van der Waals surface area contributed by atoms with E-state index in [2.05, 4.69) is 4.98 Å². The standard InChI is InChI=1S/C10H11F3N2OS/c1-6-7(8(16)15-4-2-3-5-15)17-9(14-6)10(11,12)13/h2-5H2,1H3. The van der Waals surface area contributed by atoms with Crippen LogP contribution in [0.2, 0.25) is 0 Å². The Morgan fingerprint density at radius 3 is 2.41 bits per heavy atom. The van der Waals surface area contributed by atoms with Crippen molar-refractivity contribution in [3.63, 3.8) is 0 Å². The van der Waals surface area contributed by atoms with Crippen LogP contribution in [0.5, 0.6) is 0 Å². The van der Waals surface area contributed by atoms with Gasteiger partial charge in [-0.3, -0.25) is 4.79 Å². The van der Waals surface area contributed by atoms with Gasteiger partial charge in [0.25, 0.3) is 5.91 Å². The lowest BCUT2D eigenvalue weighted by Crippen LogP contribution is -2.27. The minimum absolute atomic E-state index is 0.110. The molecule has 0 bridgehead atoms. The fourth-order valence-electron chi connectivity index (χ4n) is 1.78. The Morgan fingerprint density at radius 1 is 1.35 bits per heavy atom. The van der Waals surface area contributed by atoms with E-state index in [1.807, 2.05) is 0 Å². The van der Waals surface area contributed by atoms with Crippen molar-refractivity contribution in [2.45, 2.75) is 25.9 Å². The van der Waals surface area contributed by atoms with Crippen molar-refractivity contribution in [3.05, 3.63) is 15.6 Å². The van der Waals surface area contributed by atoms with Crippen molar-refractivity contribution in [2.24, 2.45) is 0 Å². The van der Waals surface area contributed by atoms with Gasteiger partial charge in [-0.25, -0.2) is 4.98 Å². The molecule has 1 aromatic heterocycles. The summed E-state index contributed by atoms with van der Waals surface area (Å²) in [4.78, 5) is 17.1. The number of alkyl halides is 3. The van der Waals surface area contributed by atoms with E-state index in [0.717, 1.165) is 12.8 Å². The third-order valence-electron chi connectivity index (χ3n) is 2.63. The molecule has 3 nitrogen and oxygen atoms in total. The Kier molecular flexibility index (Phi) is 3.11. The van der Waals surface area contributed by atoms with Gasteiger partial charge in [0.1, 0.15) is 4.88 Å². The van der Waals surface area contributed by atoms with Crippen LogP contribution in [0.15, 0.2) is 0 Å². The van der Waals surface area contributed by atoms with Crippen LogP contribution in [0.4, 0.5) is 13.2 Å². The van der Waals surface area contributed by atoms with Gasteiger partial charge in [-0.1, -0.05) is 0 Å². The van der Waals surface area contributed by atoms with E-state index in [-0.39, 0.29) is 16.5 Å². The average Bonchev–Trinajstić information content (AvgIpc) is 2.83. The largest absolute Gasteiger partial charge is 0.443 e. The molecule has 0 spiro atoms. The number of halogens is 3. The average molecular weight is 264 g/mol. The van der Waals surface area contributed by atoms with Crippen LogP contribution < -0.4 is 0 Å². The number of rotatable bonds is 1. The topological polar surface area (TPSA) is 33.2 Å². The number of hydrogen-bond acceptors (Lipinski definition) is 3. The molecule has 0 N–H and O–H groups in total. The molecule has 1 fully saturated rings. The molecular formula is C10H11F3N2OS. The quantitative estimate of drug-likeness (QED) is 0.781. The number of carbonyl (C=O) groups excluding carboxylic acids is 1. The summed E-state index contributed by atoms with van der Waals surface area (Å²) in [6, 6.07) is 0. The number of carbonyl (C=O) groups is 1. The van der Waals surface area contributed by atoms with Crippen molar-refractivity contribution in [3.8, 4) is 0 Å². The van der Waals surface area contributed by atoms with Gasteiger partial charge in [-0.2, -0.15) is 13.2 Å². The molecule has 2 rings (SSSR count). The van der Waals surface area contributed by atoms with Crippen molar-refractivity contribution in [1.82, 2.24) is 9.88 Å². The molecule has 2 heterocycles. The van der Waals surface area contributed by atoms with E-state index >= 15 is 0 Å². The molecular weight excluding hydrogens is 253 g/mol. The number of hydrogen-bond donors (Lipinski definition) is 0. The Labute approximate surface area is 100 Å². The molecule has 17 heavy (non-hydrogen) atoms. The van der Waals surface area contributed by atoms with Gasteiger partial charge in [0.2, 0.25) is 0 Å². The second kappa shape index (κ2) is 4.29. The number of likely N-dealkylation sites (tertiary alicyclic amines) is 1. The fourth-order valence-corrected chi connectivity index (χ4v) is 2.68. The lowest BCUT2D eigenvalue weighted by Gasteiger charge is -2.13. The molecule has 0 atom stereocenters. The van der Waals surface area contributed by atoms with Gasteiger partial charge in [-0.05, 0) is 19.8 Å². The number of amides is 1. The van der Waals surface area contributed by atoms with Crippen LogP contribution in [0, 0.1) is 6.92 Å². The van der Waals surface area contributed by atoms with Gasteiger partial charge in [0, 0.05) is 13.1 Å². The van der Waals surface area contributed by atoms with E-state index in [1.165, 1.54) is 6.92 Å². The lowest BCUT2D eigenvalue weighted by atomic mass is 10.3. The number of nitrogens with zero attached hydrogens (tertiary/aromatic N) is 2. The summed E-state index contributed by atoms with van der Waals surface area (Å²) >= 11 is 0.434. The van der Waals surface area contributed by atoms with Gasteiger partial charge < -0.3 is 4.90 Å². The maximum Gasteiger partial charge on any atom is 0.443 e. The Bertz CT molecular complexity index is 435. The summed E-state index contributed by atoms with van der Waals surface area (Å²) in [5.41, 5.74) is 0.166. The smallest absolute Gasteiger partial charge is 0.338 e. The SMILES string of the molecule is Cc1nc(C(F)(F)F)sc1C(=O)N1CCCC1. The number of aryl methyl sites for hydroxylation is 1. The molecule has 0 aliphatic carbocycles. The monoisotopic (exact) mass is 264 g/mol. The molecule has 94 valence electrons. The van der Waals surface area contributed by atoms with Crippen LogP contribution in [0.1, 0.15) is 33.2 Å². The van der Waals surface area contributed by atoms with Gasteiger partial charge in [0.05, 0.1) is 5.69 Å². The molecule has 1 aliphatic rings. The van der Waals surface area contributed by atoms with Crippen LogP contribution in [-0.2, 0) is 6.18 Å². The zero-order valence-electron chi connectivity index (χ0n) is 9.17. The molecule has 1 saturated heterocycles. The fraction of sp³-hybridized carbons (Fsp3) is 0.600. The predicted octanol–water partition coefficient (Wildman–Crippen LogP) is 2.71. The van der Waals surface area contributed by atoms with Crippen molar-refractivity contribution < 1.29 is 18.0 Å². The summed E-state index contributed by atoms with van der Waals surface area (Å²) in [6.07, 6.45) is -2.65. The number of thiazole rings is 1. The first-order chi connectivity index (χ1) is 7.89. The van der Waals surface area contributed by atoms with Crippen LogP contribution in [0.25, 0.3) is 0 Å². The zero-order valence-corrected chi connectivity index (χ0v) is 9.99. The summed E-state index contributed by atoms with van der Waals surface area (Å²) in [5.74, 6) is -0.326. The molecule has 0 aromatic carbocycles. The Balaban J connectivity index is 2.26. The van der Waals surface area contributed by atoms with Crippen molar-refractivity contribution >= 4 is 17.2 Å². The first-order valence-corrected chi connectivity index (χ1v) is 6.05. The maximum atomic E-state index is 12.4. The van der Waals surface area contributed by atoms with E-state index in [4.69, 9.17) is 0 Å².